The topological polar surface area (TPSA) is 64.9 Å². The minimum Gasteiger partial charge on any atom is -0.491 e. The molecule has 1 N–H and O–H groups in total. The SMILES string of the molecule is CCOc1ccc(-n2nnnc2CNC2CC2)cc1F. The summed E-state index contributed by atoms with van der Waals surface area (Å²) in [4.78, 5) is 0. The van der Waals surface area contributed by atoms with Gasteiger partial charge in [-0.2, -0.15) is 4.68 Å². The molecule has 0 spiro atoms. The highest BCUT2D eigenvalue weighted by molar-refractivity contribution is 5.38. The zero-order valence-corrected chi connectivity index (χ0v) is 11.2. The lowest BCUT2D eigenvalue weighted by Gasteiger charge is -2.08. The van der Waals surface area contributed by atoms with Crippen molar-refractivity contribution in [2.75, 3.05) is 6.61 Å². The fourth-order valence-corrected chi connectivity index (χ4v) is 1.93. The van der Waals surface area contributed by atoms with Crippen molar-refractivity contribution < 1.29 is 9.13 Å². The molecule has 1 fully saturated rings. The van der Waals surface area contributed by atoms with Gasteiger partial charge in [-0.05, 0) is 42.3 Å². The molecule has 0 amide bonds. The Morgan fingerprint density at radius 1 is 1.45 bits per heavy atom. The molecule has 0 bridgehead atoms. The fraction of sp³-hybridized carbons (Fsp3) is 0.462. The standard InChI is InChI=1S/C13H16FN5O/c1-2-20-12-6-5-10(7-11(12)14)19-13(16-17-18-19)8-15-9-3-4-9/h5-7,9,15H,2-4,8H2,1H3. The Bertz CT molecular complexity index is 596. The van der Waals surface area contributed by atoms with E-state index in [9.17, 15) is 4.39 Å². The third-order valence-corrected chi connectivity index (χ3v) is 3.12. The number of tetrazole rings is 1. The van der Waals surface area contributed by atoms with E-state index in [2.05, 4.69) is 20.8 Å². The van der Waals surface area contributed by atoms with Crippen molar-refractivity contribution in [3.05, 3.63) is 29.8 Å². The summed E-state index contributed by atoms with van der Waals surface area (Å²) in [5.41, 5.74) is 0.587. The number of ether oxygens (including phenoxy) is 1. The minimum absolute atomic E-state index is 0.238. The molecule has 1 aliphatic rings. The van der Waals surface area contributed by atoms with Crippen LogP contribution < -0.4 is 10.1 Å². The molecular weight excluding hydrogens is 261 g/mol. The molecule has 6 nitrogen and oxygen atoms in total. The Hall–Kier alpha value is -2.02. The largest absolute Gasteiger partial charge is 0.491 e. The number of hydrogen-bond donors (Lipinski definition) is 1. The van der Waals surface area contributed by atoms with E-state index in [0.29, 0.717) is 30.7 Å². The van der Waals surface area contributed by atoms with E-state index in [0.717, 1.165) is 0 Å². The lowest BCUT2D eigenvalue weighted by atomic mass is 10.3. The first-order valence-electron chi connectivity index (χ1n) is 6.71. The number of nitrogens with zero attached hydrogens (tertiary/aromatic N) is 4. The van der Waals surface area contributed by atoms with Crippen LogP contribution in [0.2, 0.25) is 0 Å². The third kappa shape index (κ3) is 2.77. The second kappa shape index (κ2) is 5.54. The van der Waals surface area contributed by atoms with Crippen molar-refractivity contribution in [3.63, 3.8) is 0 Å². The van der Waals surface area contributed by atoms with Gasteiger partial charge < -0.3 is 10.1 Å². The summed E-state index contributed by atoms with van der Waals surface area (Å²) >= 11 is 0. The molecule has 1 aromatic heterocycles. The summed E-state index contributed by atoms with van der Waals surface area (Å²) < 4.78 is 20.6. The number of nitrogens with one attached hydrogen (secondary N) is 1. The van der Waals surface area contributed by atoms with Crippen LogP contribution in [-0.4, -0.2) is 32.9 Å². The van der Waals surface area contributed by atoms with Gasteiger partial charge in [0.25, 0.3) is 0 Å². The molecule has 106 valence electrons. The maximum absolute atomic E-state index is 13.9. The number of aromatic nitrogens is 4. The van der Waals surface area contributed by atoms with Gasteiger partial charge in [0.2, 0.25) is 0 Å². The molecule has 0 aliphatic heterocycles. The molecule has 7 heteroatoms. The van der Waals surface area contributed by atoms with Crippen LogP contribution in [0.4, 0.5) is 4.39 Å². The maximum Gasteiger partial charge on any atom is 0.170 e. The second-order valence-corrected chi connectivity index (χ2v) is 4.71. The van der Waals surface area contributed by atoms with Crippen molar-refractivity contribution in [1.29, 1.82) is 0 Å². The molecule has 1 heterocycles. The number of rotatable bonds is 6. The summed E-state index contributed by atoms with van der Waals surface area (Å²) in [7, 11) is 0. The molecule has 0 atom stereocenters. The smallest absolute Gasteiger partial charge is 0.170 e. The van der Waals surface area contributed by atoms with Gasteiger partial charge in [-0.3, -0.25) is 0 Å². The van der Waals surface area contributed by atoms with Crippen molar-refractivity contribution in [2.24, 2.45) is 0 Å². The summed E-state index contributed by atoms with van der Waals surface area (Å²) in [6.45, 7) is 2.82. The van der Waals surface area contributed by atoms with Crippen LogP contribution in [-0.2, 0) is 6.54 Å². The number of halogens is 1. The fourth-order valence-electron chi connectivity index (χ4n) is 1.93. The highest BCUT2D eigenvalue weighted by Gasteiger charge is 2.21. The zero-order chi connectivity index (χ0) is 13.9. The van der Waals surface area contributed by atoms with Crippen LogP contribution in [0.15, 0.2) is 18.2 Å². The lowest BCUT2D eigenvalue weighted by Crippen LogP contribution is -2.19. The van der Waals surface area contributed by atoms with E-state index in [1.165, 1.54) is 23.6 Å². The monoisotopic (exact) mass is 277 g/mol. The maximum atomic E-state index is 13.9. The Morgan fingerprint density at radius 2 is 2.30 bits per heavy atom. The van der Waals surface area contributed by atoms with E-state index in [4.69, 9.17) is 4.74 Å². The van der Waals surface area contributed by atoms with Crippen molar-refractivity contribution in [2.45, 2.75) is 32.4 Å². The molecule has 1 saturated carbocycles. The van der Waals surface area contributed by atoms with Crippen LogP contribution in [0.3, 0.4) is 0 Å². The van der Waals surface area contributed by atoms with Gasteiger partial charge in [0.05, 0.1) is 18.8 Å². The lowest BCUT2D eigenvalue weighted by molar-refractivity contribution is 0.321. The Kier molecular flexibility index (Phi) is 3.60. The van der Waals surface area contributed by atoms with Gasteiger partial charge in [-0.1, -0.05) is 0 Å². The van der Waals surface area contributed by atoms with Gasteiger partial charge in [-0.15, -0.1) is 5.10 Å². The van der Waals surface area contributed by atoms with Gasteiger partial charge in [0.1, 0.15) is 0 Å². The van der Waals surface area contributed by atoms with Gasteiger partial charge in [-0.25, -0.2) is 4.39 Å². The van der Waals surface area contributed by atoms with E-state index in [1.807, 2.05) is 6.92 Å². The van der Waals surface area contributed by atoms with Crippen LogP contribution in [0.5, 0.6) is 5.75 Å². The zero-order valence-electron chi connectivity index (χ0n) is 11.2. The summed E-state index contributed by atoms with van der Waals surface area (Å²) in [5, 5.41) is 14.9. The van der Waals surface area contributed by atoms with Gasteiger partial charge in [0, 0.05) is 12.1 Å². The molecule has 0 saturated heterocycles. The van der Waals surface area contributed by atoms with Crippen LogP contribution in [0.1, 0.15) is 25.6 Å². The quantitative estimate of drug-likeness (QED) is 0.865. The first kappa shape index (κ1) is 13.0. The highest BCUT2D eigenvalue weighted by Crippen LogP contribution is 2.21. The molecule has 2 aromatic rings. The van der Waals surface area contributed by atoms with Crippen molar-refractivity contribution >= 4 is 0 Å². The Balaban J connectivity index is 1.81. The average Bonchev–Trinajstić information content (AvgIpc) is 3.16. The second-order valence-electron chi connectivity index (χ2n) is 4.71. The molecule has 0 radical (unpaired) electrons. The molecular formula is C13H16FN5O. The highest BCUT2D eigenvalue weighted by atomic mass is 19.1. The van der Waals surface area contributed by atoms with Gasteiger partial charge in [0.15, 0.2) is 17.4 Å². The number of hydrogen-bond acceptors (Lipinski definition) is 5. The first-order valence-corrected chi connectivity index (χ1v) is 6.71. The van der Waals surface area contributed by atoms with E-state index in [1.54, 1.807) is 12.1 Å². The predicted molar refractivity (Wildman–Crippen MR) is 70.1 cm³/mol. The third-order valence-electron chi connectivity index (χ3n) is 3.12. The number of benzene rings is 1. The van der Waals surface area contributed by atoms with Crippen molar-refractivity contribution in [1.82, 2.24) is 25.5 Å². The molecule has 0 unspecified atom stereocenters. The summed E-state index contributed by atoms with van der Waals surface area (Å²) in [6.07, 6.45) is 2.39. The van der Waals surface area contributed by atoms with Crippen LogP contribution >= 0.6 is 0 Å². The minimum atomic E-state index is -0.416. The normalized spacial score (nSPS) is 14.5. The first-order chi connectivity index (χ1) is 9.78. The Morgan fingerprint density at radius 3 is 3.00 bits per heavy atom. The molecule has 1 aromatic carbocycles. The molecule has 1 aliphatic carbocycles. The van der Waals surface area contributed by atoms with Gasteiger partial charge >= 0.3 is 0 Å². The summed E-state index contributed by atoms with van der Waals surface area (Å²) in [6, 6.07) is 5.28. The average molecular weight is 277 g/mol. The van der Waals surface area contributed by atoms with E-state index in [-0.39, 0.29) is 5.75 Å². The van der Waals surface area contributed by atoms with E-state index < -0.39 is 5.82 Å². The molecule has 20 heavy (non-hydrogen) atoms. The summed E-state index contributed by atoms with van der Waals surface area (Å²) in [5.74, 6) is 0.489. The van der Waals surface area contributed by atoms with Crippen LogP contribution in [0.25, 0.3) is 5.69 Å². The molecule has 3 rings (SSSR count). The predicted octanol–water partition coefficient (Wildman–Crippen LogP) is 1.45. The van der Waals surface area contributed by atoms with Crippen molar-refractivity contribution in [3.8, 4) is 11.4 Å². The van der Waals surface area contributed by atoms with E-state index >= 15 is 0 Å². The van der Waals surface area contributed by atoms with Crippen LogP contribution in [0, 0.1) is 5.82 Å². The Labute approximate surface area is 115 Å².